The van der Waals surface area contributed by atoms with Gasteiger partial charge < -0.3 is 25.4 Å². The minimum Gasteiger partial charge on any atom is -0.485 e. The van der Waals surface area contributed by atoms with Gasteiger partial charge in [-0.05, 0) is 26.0 Å². The fourth-order valence-electron chi connectivity index (χ4n) is 2.80. The van der Waals surface area contributed by atoms with E-state index >= 15 is 0 Å². The number of amides is 2. The van der Waals surface area contributed by atoms with Crippen LogP contribution in [0.15, 0.2) is 18.2 Å². The number of likely N-dealkylation sites (N-methyl/N-ethyl adjacent to an activating group) is 1. The lowest BCUT2D eigenvalue weighted by Gasteiger charge is -2.37. The molecule has 132 valence electrons. The first-order valence-electron chi connectivity index (χ1n) is 8.02. The maximum atomic E-state index is 12.9. The van der Waals surface area contributed by atoms with E-state index in [4.69, 9.17) is 15.6 Å². The van der Waals surface area contributed by atoms with Gasteiger partial charge in [-0.2, -0.15) is 0 Å². The van der Waals surface area contributed by atoms with E-state index in [1.807, 2.05) is 20.8 Å². The molecular weight excluding hydrogens is 310 g/mol. The third-order valence-electron chi connectivity index (χ3n) is 4.33. The van der Waals surface area contributed by atoms with Gasteiger partial charge in [-0.15, -0.1) is 0 Å². The number of para-hydroxylation sites is 1. The van der Waals surface area contributed by atoms with Gasteiger partial charge in [0.15, 0.2) is 5.75 Å². The van der Waals surface area contributed by atoms with Gasteiger partial charge in [-0.1, -0.05) is 13.0 Å². The smallest absolute Gasteiger partial charge is 0.407 e. The molecule has 0 unspecified atom stereocenters. The van der Waals surface area contributed by atoms with E-state index in [0.29, 0.717) is 23.5 Å². The number of ether oxygens (including phenoxy) is 1. The summed E-state index contributed by atoms with van der Waals surface area (Å²) in [7, 11) is 1.50. The van der Waals surface area contributed by atoms with Crippen LogP contribution in [0.4, 0.5) is 10.5 Å². The second-order valence-corrected chi connectivity index (χ2v) is 6.57. The third kappa shape index (κ3) is 3.55. The molecule has 7 nitrogen and oxygen atoms in total. The van der Waals surface area contributed by atoms with Crippen LogP contribution in [0.2, 0.25) is 0 Å². The molecule has 2 amide bonds. The number of nitrogens with zero attached hydrogens (tertiary/aromatic N) is 2. The first-order chi connectivity index (χ1) is 11.2. The van der Waals surface area contributed by atoms with Crippen molar-refractivity contribution < 1.29 is 19.4 Å². The number of carbonyl (C=O) groups excluding carboxylic acids is 1. The fraction of sp³-hybridized carbons (Fsp3) is 0.529. The Morgan fingerprint density at radius 3 is 2.75 bits per heavy atom. The molecule has 1 aliphatic heterocycles. The fourth-order valence-corrected chi connectivity index (χ4v) is 2.80. The Bertz CT molecular complexity index is 632. The van der Waals surface area contributed by atoms with Crippen LogP contribution in [-0.4, -0.2) is 59.2 Å². The molecule has 1 aromatic rings. The van der Waals surface area contributed by atoms with E-state index in [0.717, 1.165) is 0 Å². The van der Waals surface area contributed by atoms with Crippen molar-refractivity contribution in [1.82, 2.24) is 9.80 Å². The molecule has 1 aromatic carbocycles. The second-order valence-electron chi connectivity index (χ2n) is 6.57. The van der Waals surface area contributed by atoms with E-state index in [1.165, 1.54) is 11.9 Å². The first-order valence-corrected chi connectivity index (χ1v) is 8.02. The van der Waals surface area contributed by atoms with Gasteiger partial charge in [0.1, 0.15) is 6.10 Å². The molecule has 1 aliphatic rings. The number of carbonyl (C=O) groups is 2. The van der Waals surface area contributed by atoms with E-state index in [1.54, 1.807) is 23.1 Å². The zero-order valence-corrected chi connectivity index (χ0v) is 14.5. The van der Waals surface area contributed by atoms with Gasteiger partial charge >= 0.3 is 6.09 Å². The number of rotatable bonds is 3. The maximum absolute atomic E-state index is 12.9. The molecule has 0 saturated heterocycles. The van der Waals surface area contributed by atoms with E-state index in [-0.39, 0.29) is 24.4 Å². The summed E-state index contributed by atoms with van der Waals surface area (Å²) in [4.78, 5) is 27.0. The first kappa shape index (κ1) is 17.9. The Hall–Kier alpha value is -2.44. The highest BCUT2D eigenvalue weighted by atomic mass is 16.5. The van der Waals surface area contributed by atoms with Crippen LogP contribution in [0.3, 0.4) is 0 Å². The molecule has 0 aliphatic carbocycles. The molecule has 0 aromatic heterocycles. The van der Waals surface area contributed by atoms with Crippen molar-refractivity contribution in [3.8, 4) is 5.75 Å². The summed E-state index contributed by atoms with van der Waals surface area (Å²) >= 11 is 0. The van der Waals surface area contributed by atoms with E-state index in [9.17, 15) is 9.59 Å². The van der Waals surface area contributed by atoms with Crippen molar-refractivity contribution >= 4 is 17.7 Å². The van der Waals surface area contributed by atoms with Gasteiger partial charge in [0.25, 0.3) is 5.91 Å². The predicted octanol–water partition coefficient (Wildman–Crippen LogP) is 2.13. The Morgan fingerprint density at radius 2 is 2.17 bits per heavy atom. The number of nitrogens with two attached hydrogens (primary N) is 1. The highest BCUT2D eigenvalue weighted by molar-refractivity contribution is 5.99. The van der Waals surface area contributed by atoms with E-state index < -0.39 is 12.2 Å². The Labute approximate surface area is 142 Å². The van der Waals surface area contributed by atoms with Crippen LogP contribution in [-0.2, 0) is 0 Å². The van der Waals surface area contributed by atoms with Crippen molar-refractivity contribution in [2.24, 2.45) is 5.92 Å². The van der Waals surface area contributed by atoms with Crippen LogP contribution in [0.5, 0.6) is 5.75 Å². The van der Waals surface area contributed by atoms with Crippen molar-refractivity contribution in [1.29, 1.82) is 0 Å². The normalized spacial score (nSPS) is 20.9. The van der Waals surface area contributed by atoms with Crippen LogP contribution >= 0.6 is 0 Å². The van der Waals surface area contributed by atoms with Crippen molar-refractivity contribution in [3.63, 3.8) is 0 Å². The van der Waals surface area contributed by atoms with Gasteiger partial charge in [0, 0.05) is 25.6 Å². The highest BCUT2D eigenvalue weighted by Gasteiger charge is 2.33. The summed E-state index contributed by atoms with van der Waals surface area (Å²) in [5.74, 6) is 0.165. The molecule has 24 heavy (non-hydrogen) atoms. The molecular formula is C17H25N3O4. The van der Waals surface area contributed by atoms with Crippen LogP contribution in [0.1, 0.15) is 31.1 Å². The van der Waals surface area contributed by atoms with Gasteiger partial charge in [-0.25, -0.2) is 4.79 Å². The van der Waals surface area contributed by atoms with Crippen molar-refractivity contribution in [2.75, 3.05) is 25.9 Å². The molecule has 0 radical (unpaired) electrons. The van der Waals surface area contributed by atoms with Crippen LogP contribution in [0.25, 0.3) is 0 Å². The summed E-state index contributed by atoms with van der Waals surface area (Å²) in [5.41, 5.74) is 6.81. The van der Waals surface area contributed by atoms with E-state index in [2.05, 4.69) is 0 Å². The molecule has 2 rings (SSSR count). The lowest BCUT2D eigenvalue weighted by molar-refractivity contribution is 0.0437. The molecule has 7 heteroatoms. The predicted molar refractivity (Wildman–Crippen MR) is 91.3 cm³/mol. The Balaban J connectivity index is 2.45. The number of anilines is 1. The SMILES string of the molecule is CC(C)N1C[C@@H](C)[C@H](CN(C)C(=O)O)Oc2c(N)cccc2C1=O. The summed E-state index contributed by atoms with van der Waals surface area (Å²) in [6.07, 6.45) is -1.42. The van der Waals surface area contributed by atoms with Crippen molar-refractivity contribution in [3.05, 3.63) is 23.8 Å². The number of benzene rings is 1. The number of fused-ring (bicyclic) bond motifs is 1. The van der Waals surface area contributed by atoms with Gasteiger partial charge in [-0.3, -0.25) is 4.79 Å². The molecule has 0 spiro atoms. The topological polar surface area (TPSA) is 96.1 Å². The average Bonchev–Trinajstić information content (AvgIpc) is 2.51. The molecule has 2 atom stereocenters. The standard InChI is InChI=1S/C17H25N3O4/c1-10(2)20-8-11(3)14(9-19(4)17(22)23)24-15-12(16(20)21)6-5-7-13(15)18/h5-7,10-11,14H,8-9,18H2,1-4H3,(H,22,23)/t11-,14+/m1/s1. The van der Waals surface area contributed by atoms with Gasteiger partial charge in [0.05, 0.1) is 17.8 Å². The lowest BCUT2D eigenvalue weighted by atomic mass is 9.99. The Kier molecular flexibility index (Phi) is 5.21. The molecule has 1 heterocycles. The van der Waals surface area contributed by atoms with Gasteiger partial charge in [0.2, 0.25) is 0 Å². The molecule has 0 saturated carbocycles. The Morgan fingerprint density at radius 1 is 1.50 bits per heavy atom. The largest absolute Gasteiger partial charge is 0.485 e. The minimum absolute atomic E-state index is 0.0187. The lowest BCUT2D eigenvalue weighted by Crippen LogP contribution is -2.49. The van der Waals surface area contributed by atoms with Crippen LogP contribution in [0, 0.1) is 5.92 Å². The molecule has 0 fully saturated rings. The number of nitrogen functional groups attached to an aromatic ring is 1. The summed E-state index contributed by atoms with van der Waals surface area (Å²) in [6.45, 7) is 6.55. The zero-order chi connectivity index (χ0) is 18.0. The summed E-state index contributed by atoms with van der Waals surface area (Å²) < 4.78 is 6.02. The maximum Gasteiger partial charge on any atom is 0.407 e. The minimum atomic E-state index is -1.02. The number of hydrogen-bond donors (Lipinski definition) is 2. The third-order valence-corrected chi connectivity index (χ3v) is 4.33. The van der Waals surface area contributed by atoms with Crippen LogP contribution < -0.4 is 10.5 Å². The molecule has 0 bridgehead atoms. The highest BCUT2D eigenvalue weighted by Crippen LogP contribution is 2.32. The summed E-state index contributed by atoms with van der Waals surface area (Å²) in [5, 5.41) is 9.14. The van der Waals surface area contributed by atoms with Crippen molar-refractivity contribution in [2.45, 2.75) is 32.9 Å². The number of hydrogen-bond acceptors (Lipinski definition) is 4. The number of carboxylic acid groups (broad SMARTS) is 1. The monoisotopic (exact) mass is 335 g/mol. The average molecular weight is 335 g/mol. The molecule has 3 N–H and O–H groups in total. The quantitative estimate of drug-likeness (QED) is 0.825. The second kappa shape index (κ2) is 6.98. The summed E-state index contributed by atoms with van der Waals surface area (Å²) in [6, 6.07) is 5.11. The zero-order valence-electron chi connectivity index (χ0n) is 14.5.